The molecule has 1 aliphatic rings. The molecule has 2 aromatic heterocycles. The maximum absolute atomic E-state index is 13.0. The fourth-order valence-corrected chi connectivity index (χ4v) is 3.79. The predicted molar refractivity (Wildman–Crippen MR) is 114 cm³/mol. The number of methoxy groups -OCH3 is 1. The molecule has 1 fully saturated rings. The van der Waals surface area contributed by atoms with Gasteiger partial charge >= 0.3 is 0 Å². The normalized spacial score (nSPS) is 17.7. The third-order valence-corrected chi connectivity index (χ3v) is 5.31. The van der Waals surface area contributed by atoms with Crippen LogP contribution >= 0.6 is 0 Å². The van der Waals surface area contributed by atoms with E-state index in [4.69, 9.17) is 4.74 Å². The standard InChI is InChI=1S/C24H21N3O4/c1-15-12-17(5-6-19(15)31-2)22(28)20-21(18-4-3-9-26-13-18)27(24(30)23(20)29)14-16-7-10-25-11-8-16/h3-13,21,28H,14H2,1-2H3/b22-20-. The molecule has 156 valence electrons. The fraction of sp³-hybridized carbons (Fsp3) is 0.167. The van der Waals surface area contributed by atoms with Crippen LogP contribution < -0.4 is 4.74 Å². The molecule has 0 bridgehead atoms. The van der Waals surface area contributed by atoms with Crippen LogP contribution in [0.4, 0.5) is 0 Å². The zero-order valence-electron chi connectivity index (χ0n) is 17.1. The van der Waals surface area contributed by atoms with Gasteiger partial charge in [0.15, 0.2) is 0 Å². The summed E-state index contributed by atoms with van der Waals surface area (Å²) in [5.74, 6) is -0.958. The summed E-state index contributed by atoms with van der Waals surface area (Å²) in [5, 5.41) is 11.1. The number of pyridine rings is 2. The Morgan fingerprint density at radius 3 is 2.52 bits per heavy atom. The number of nitrogens with zero attached hydrogens (tertiary/aromatic N) is 3. The van der Waals surface area contributed by atoms with Crippen LogP contribution in [0.15, 0.2) is 72.8 Å². The number of hydrogen-bond donors (Lipinski definition) is 1. The van der Waals surface area contributed by atoms with Crippen LogP contribution in [0.25, 0.3) is 5.76 Å². The molecule has 1 aliphatic heterocycles. The molecule has 0 aliphatic carbocycles. The summed E-state index contributed by atoms with van der Waals surface area (Å²) in [6, 6.07) is 11.4. The first-order valence-corrected chi connectivity index (χ1v) is 9.73. The van der Waals surface area contributed by atoms with Crippen molar-refractivity contribution in [1.29, 1.82) is 0 Å². The van der Waals surface area contributed by atoms with E-state index in [2.05, 4.69) is 9.97 Å². The van der Waals surface area contributed by atoms with E-state index in [1.165, 1.54) is 4.90 Å². The Morgan fingerprint density at radius 1 is 1.10 bits per heavy atom. The smallest absolute Gasteiger partial charge is 0.295 e. The van der Waals surface area contributed by atoms with Crippen molar-refractivity contribution in [2.24, 2.45) is 0 Å². The maximum atomic E-state index is 13.0. The molecular formula is C24H21N3O4. The molecule has 1 unspecified atom stereocenters. The van der Waals surface area contributed by atoms with Crippen LogP contribution in [0.1, 0.15) is 28.3 Å². The van der Waals surface area contributed by atoms with Gasteiger partial charge in [0.1, 0.15) is 11.5 Å². The van der Waals surface area contributed by atoms with Gasteiger partial charge in [0.05, 0.1) is 18.7 Å². The summed E-state index contributed by atoms with van der Waals surface area (Å²) in [4.78, 5) is 35.6. The lowest BCUT2D eigenvalue weighted by Crippen LogP contribution is -2.29. The molecule has 4 rings (SSSR count). The zero-order chi connectivity index (χ0) is 22.0. The Morgan fingerprint density at radius 2 is 1.87 bits per heavy atom. The van der Waals surface area contributed by atoms with Gasteiger partial charge in [-0.2, -0.15) is 0 Å². The SMILES string of the molecule is COc1ccc(/C(O)=C2/C(=O)C(=O)N(Cc3ccncc3)C2c2cccnc2)cc1C. The molecular weight excluding hydrogens is 394 g/mol. The Labute approximate surface area is 179 Å². The summed E-state index contributed by atoms with van der Waals surface area (Å²) in [5.41, 5.74) is 2.75. The van der Waals surface area contributed by atoms with Crippen LogP contribution in [-0.2, 0) is 16.1 Å². The van der Waals surface area contributed by atoms with Crippen molar-refractivity contribution in [3.63, 3.8) is 0 Å². The van der Waals surface area contributed by atoms with Crippen LogP contribution in [0.3, 0.4) is 0 Å². The number of ether oxygens (including phenoxy) is 1. The topological polar surface area (TPSA) is 92.6 Å². The van der Waals surface area contributed by atoms with Crippen molar-refractivity contribution in [3.05, 3.63) is 95.1 Å². The second-order valence-electron chi connectivity index (χ2n) is 7.25. The summed E-state index contributed by atoms with van der Waals surface area (Å²) in [6.07, 6.45) is 6.48. The monoisotopic (exact) mass is 415 g/mol. The van der Waals surface area contributed by atoms with E-state index >= 15 is 0 Å². The highest BCUT2D eigenvalue weighted by molar-refractivity contribution is 6.46. The first kappa shape index (κ1) is 20.3. The lowest BCUT2D eigenvalue weighted by Gasteiger charge is -2.25. The number of ketones is 1. The number of hydrogen-bond acceptors (Lipinski definition) is 6. The number of aliphatic hydroxyl groups is 1. The van der Waals surface area contributed by atoms with Gasteiger partial charge in [-0.05, 0) is 60.0 Å². The number of aromatic nitrogens is 2. The van der Waals surface area contributed by atoms with Crippen LogP contribution in [0.2, 0.25) is 0 Å². The van der Waals surface area contributed by atoms with Gasteiger partial charge in [-0.15, -0.1) is 0 Å². The van der Waals surface area contributed by atoms with Crippen molar-refractivity contribution < 1.29 is 19.4 Å². The van der Waals surface area contributed by atoms with E-state index in [1.807, 2.05) is 6.92 Å². The van der Waals surface area contributed by atoms with E-state index in [-0.39, 0.29) is 17.9 Å². The van der Waals surface area contributed by atoms with Crippen molar-refractivity contribution in [1.82, 2.24) is 14.9 Å². The van der Waals surface area contributed by atoms with Gasteiger partial charge in [-0.3, -0.25) is 19.6 Å². The number of rotatable bonds is 5. The highest BCUT2D eigenvalue weighted by atomic mass is 16.5. The molecule has 3 heterocycles. The molecule has 0 saturated carbocycles. The number of carbonyl (C=O) groups excluding carboxylic acids is 2. The van der Waals surface area contributed by atoms with Gasteiger partial charge in [0.25, 0.3) is 11.7 Å². The molecule has 1 atom stereocenters. The number of amides is 1. The third kappa shape index (κ3) is 3.77. The second-order valence-corrected chi connectivity index (χ2v) is 7.25. The fourth-order valence-electron chi connectivity index (χ4n) is 3.79. The summed E-state index contributed by atoms with van der Waals surface area (Å²) >= 11 is 0. The Balaban J connectivity index is 1.85. The van der Waals surface area contributed by atoms with E-state index in [0.29, 0.717) is 16.9 Å². The second kappa shape index (κ2) is 8.39. The molecule has 7 heteroatoms. The van der Waals surface area contributed by atoms with Crippen molar-refractivity contribution >= 4 is 17.4 Å². The van der Waals surface area contributed by atoms with Gasteiger partial charge in [0, 0.05) is 36.9 Å². The predicted octanol–water partition coefficient (Wildman–Crippen LogP) is 3.42. The molecule has 1 aromatic carbocycles. The van der Waals surface area contributed by atoms with Gasteiger partial charge < -0.3 is 14.7 Å². The first-order chi connectivity index (χ1) is 15.0. The van der Waals surface area contributed by atoms with Crippen molar-refractivity contribution in [2.75, 3.05) is 7.11 Å². The van der Waals surface area contributed by atoms with Crippen LogP contribution in [-0.4, -0.2) is 38.8 Å². The van der Waals surface area contributed by atoms with E-state index < -0.39 is 17.7 Å². The Kier molecular flexibility index (Phi) is 5.49. The van der Waals surface area contributed by atoms with Gasteiger partial charge in [0.2, 0.25) is 0 Å². The summed E-state index contributed by atoms with van der Waals surface area (Å²) in [7, 11) is 1.56. The number of aliphatic hydroxyl groups excluding tert-OH is 1. The molecule has 1 amide bonds. The number of carbonyl (C=O) groups is 2. The summed E-state index contributed by atoms with van der Waals surface area (Å²) < 4.78 is 5.28. The van der Waals surface area contributed by atoms with Crippen LogP contribution in [0.5, 0.6) is 5.75 Å². The molecule has 0 radical (unpaired) electrons. The largest absolute Gasteiger partial charge is 0.507 e. The van der Waals surface area contributed by atoms with E-state index in [0.717, 1.165) is 11.1 Å². The molecule has 1 N–H and O–H groups in total. The zero-order valence-corrected chi connectivity index (χ0v) is 17.1. The maximum Gasteiger partial charge on any atom is 0.295 e. The highest BCUT2D eigenvalue weighted by Crippen LogP contribution is 2.40. The van der Waals surface area contributed by atoms with Crippen molar-refractivity contribution in [2.45, 2.75) is 19.5 Å². The lowest BCUT2D eigenvalue weighted by molar-refractivity contribution is -0.140. The number of Topliss-reactive ketones (excluding diaryl/α,β-unsaturated/α-hetero) is 1. The number of benzene rings is 1. The molecule has 0 spiro atoms. The molecule has 1 saturated heterocycles. The quantitative estimate of drug-likeness (QED) is 0.390. The van der Waals surface area contributed by atoms with E-state index in [9.17, 15) is 14.7 Å². The summed E-state index contributed by atoms with van der Waals surface area (Å²) in [6.45, 7) is 2.04. The molecule has 3 aromatic rings. The number of aryl methyl sites for hydroxylation is 1. The molecule has 7 nitrogen and oxygen atoms in total. The third-order valence-electron chi connectivity index (χ3n) is 5.31. The Bertz CT molecular complexity index is 1160. The van der Waals surface area contributed by atoms with Gasteiger partial charge in [-0.1, -0.05) is 6.07 Å². The van der Waals surface area contributed by atoms with Crippen molar-refractivity contribution in [3.8, 4) is 5.75 Å². The minimum Gasteiger partial charge on any atom is -0.507 e. The van der Waals surface area contributed by atoms with E-state index in [1.54, 1.807) is 74.4 Å². The first-order valence-electron chi connectivity index (χ1n) is 9.73. The highest BCUT2D eigenvalue weighted by Gasteiger charge is 2.46. The van der Waals surface area contributed by atoms with Crippen LogP contribution in [0, 0.1) is 6.92 Å². The minimum atomic E-state index is -0.760. The number of likely N-dealkylation sites (tertiary alicyclic amines) is 1. The average Bonchev–Trinajstić information content (AvgIpc) is 3.04. The molecule has 31 heavy (non-hydrogen) atoms. The van der Waals surface area contributed by atoms with Gasteiger partial charge in [-0.25, -0.2) is 0 Å². The minimum absolute atomic E-state index is 0.0385. The Hall–Kier alpha value is -4.00. The average molecular weight is 415 g/mol. The lowest BCUT2D eigenvalue weighted by atomic mass is 9.95.